The number of carbonyl (C=O) groups excluding carboxylic acids is 1. The van der Waals surface area contributed by atoms with Crippen molar-refractivity contribution in [3.63, 3.8) is 0 Å². The van der Waals surface area contributed by atoms with Gasteiger partial charge in [-0.3, -0.25) is 4.79 Å². The summed E-state index contributed by atoms with van der Waals surface area (Å²) in [4.78, 5) is 14.7. The molecule has 0 radical (unpaired) electrons. The summed E-state index contributed by atoms with van der Waals surface area (Å²) >= 11 is 3.62. The maximum Gasteiger partial charge on any atom is 0.250 e. The summed E-state index contributed by atoms with van der Waals surface area (Å²) < 4.78 is 1.06. The number of hydrogen-bond acceptors (Lipinski definition) is 2. The predicted octanol–water partition coefficient (Wildman–Crippen LogP) is 3.54. The predicted molar refractivity (Wildman–Crippen MR) is 77.0 cm³/mol. The highest BCUT2D eigenvalue weighted by Crippen LogP contribution is 2.50. The first kappa shape index (κ1) is 12.0. The first-order valence-electron chi connectivity index (χ1n) is 6.45. The topological polar surface area (TPSA) is 32.3 Å². The van der Waals surface area contributed by atoms with Crippen molar-refractivity contribution in [3.8, 4) is 0 Å². The monoisotopic (exact) mass is 308 g/mol. The standard InChI is InChI=1S/C14H17BrN2O/c1-9(2)17-12-10(15)5-3-6-11(12)16-13(18)14(17)7-4-8-14/h3,5-6,9H,4,7-8H2,1-2H3,(H,16,18). The van der Waals surface area contributed by atoms with Crippen molar-refractivity contribution in [2.24, 2.45) is 0 Å². The van der Waals surface area contributed by atoms with Gasteiger partial charge in [0.1, 0.15) is 5.54 Å². The normalized spacial score (nSPS) is 20.7. The molecule has 1 aromatic carbocycles. The molecule has 2 aliphatic rings. The second-order valence-electron chi connectivity index (χ2n) is 5.44. The molecular weight excluding hydrogens is 292 g/mol. The average Bonchev–Trinajstić information content (AvgIpc) is 2.24. The summed E-state index contributed by atoms with van der Waals surface area (Å²) in [6.45, 7) is 4.31. The quantitative estimate of drug-likeness (QED) is 0.860. The Balaban J connectivity index is 2.19. The molecule has 1 N–H and O–H groups in total. The molecule has 0 bridgehead atoms. The molecule has 0 atom stereocenters. The first-order valence-corrected chi connectivity index (χ1v) is 7.25. The van der Waals surface area contributed by atoms with E-state index in [4.69, 9.17) is 0 Å². The second kappa shape index (κ2) is 3.98. The lowest BCUT2D eigenvalue weighted by Crippen LogP contribution is -2.66. The Kier molecular flexibility index (Phi) is 2.66. The van der Waals surface area contributed by atoms with Crippen LogP contribution in [0.1, 0.15) is 33.1 Å². The fourth-order valence-electron chi connectivity index (χ4n) is 3.16. The minimum absolute atomic E-state index is 0.160. The fraction of sp³-hybridized carbons (Fsp3) is 0.500. The van der Waals surface area contributed by atoms with Crippen LogP contribution in [0.25, 0.3) is 0 Å². The third kappa shape index (κ3) is 1.44. The molecule has 96 valence electrons. The number of nitrogens with zero attached hydrogens (tertiary/aromatic N) is 1. The van der Waals surface area contributed by atoms with E-state index in [0.29, 0.717) is 6.04 Å². The van der Waals surface area contributed by atoms with E-state index in [2.05, 4.69) is 40.0 Å². The molecule has 1 aromatic rings. The van der Waals surface area contributed by atoms with Crippen LogP contribution in [0.3, 0.4) is 0 Å². The van der Waals surface area contributed by atoms with Crippen LogP contribution in [0, 0.1) is 0 Å². The highest BCUT2D eigenvalue weighted by molar-refractivity contribution is 9.10. The van der Waals surface area contributed by atoms with Crippen LogP contribution >= 0.6 is 15.9 Å². The summed E-state index contributed by atoms with van der Waals surface area (Å²) in [6, 6.07) is 6.28. The Bertz CT molecular complexity index is 509. The van der Waals surface area contributed by atoms with Crippen molar-refractivity contribution < 1.29 is 4.79 Å². The lowest BCUT2D eigenvalue weighted by Gasteiger charge is -2.55. The van der Waals surface area contributed by atoms with Gasteiger partial charge in [0.05, 0.1) is 11.4 Å². The molecule has 0 aromatic heterocycles. The van der Waals surface area contributed by atoms with E-state index in [1.54, 1.807) is 0 Å². The van der Waals surface area contributed by atoms with Gasteiger partial charge in [-0.05, 0) is 61.2 Å². The third-order valence-electron chi connectivity index (χ3n) is 4.06. The Morgan fingerprint density at radius 2 is 2.11 bits per heavy atom. The van der Waals surface area contributed by atoms with Gasteiger partial charge in [-0.2, -0.15) is 0 Å². The molecule has 0 unspecified atom stereocenters. The SMILES string of the molecule is CC(C)N1c2c(Br)cccc2NC(=O)C12CCC2. The van der Waals surface area contributed by atoms with Gasteiger partial charge in [0.2, 0.25) is 5.91 Å². The second-order valence-corrected chi connectivity index (χ2v) is 6.29. The summed E-state index contributed by atoms with van der Waals surface area (Å²) in [5, 5.41) is 3.07. The molecule has 0 saturated heterocycles. The maximum absolute atomic E-state index is 12.4. The van der Waals surface area contributed by atoms with Gasteiger partial charge >= 0.3 is 0 Å². The Hall–Kier alpha value is -1.03. The molecule has 3 nitrogen and oxygen atoms in total. The van der Waals surface area contributed by atoms with E-state index >= 15 is 0 Å². The summed E-state index contributed by atoms with van der Waals surface area (Å²) in [6.07, 6.45) is 3.05. The summed E-state index contributed by atoms with van der Waals surface area (Å²) in [5.41, 5.74) is 1.73. The number of fused-ring (bicyclic) bond motifs is 1. The van der Waals surface area contributed by atoms with E-state index in [1.807, 2.05) is 18.2 Å². The van der Waals surface area contributed by atoms with E-state index in [1.165, 1.54) is 0 Å². The number of rotatable bonds is 1. The molecular formula is C14H17BrN2O. The minimum Gasteiger partial charge on any atom is -0.352 e. The lowest BCUT2D eigenvalue weighted by molar-refractivity contribution is -0.124. The van der Waals surface area contributed by atoms with Gasteiger partial charge in [-0.1, -0.05) is 6.07 Å². The molecule has 1 fully saturated rings. The van der Waals surface area contributed by atoms with Crippen molar-refractivity contribution in [3.05, 3.63) is 22.7 Å². The van der Waals surface area contributed by atoms with Crippen LogP contribution in [0.2, 0.25) is 0 Å². The Morgan fingerprint density at radius 3 is 2.67 bits per heavy atom. The maximum atomic E-state index is 12.4. The highest BCUT2D eigenvalue weighted by Gasteiger charge is 2.53. The van der Waals surface area contributed by atoms with Gasteiger partial charge in [-0.15, -0.1) is 0 Å². The van der Waals surface area contributed by atoms with Crippen molar-refractivity contribution in [2.45, 2.75) is 44.7 Å². The van der Waals surface area contributed by atoms with E-state index in [9.17, 15) is 4.79 Å². The van der Waals surface area contributed by atoms with Crippen molar-refractivity contribution in [1.29, 1.82) is 0 Å². The first-order chi connectivity index (χ1) is 8.56. The number of para-hydroxylation sites is 1. The number of nitrogens with one attached hydrogen (secondary N) is 1. The molecule has 1 aliphatic heterocycles. The number of halogens is 1. The zero-order valence-electron chi connectivity index (χ0n) is 10.7. The Labute approximate surface area is 116 Å². The van der Waals surface area contributed by atoms with E-state index in [-0.39, 0.29) is 11.4 Å². The highest BCUT2D eigenvalue weighted by atomic mass is 79.9. The zero-order valence-corrected chi connectivity index (χ0v) is 12.3. The van der Waals surface area contributed by atoms with Crippen LogP contribution in [-0.2, 0) is 4.79 Å². The van der Waals surface area contributed by atoms with Crippen molar-refractivity contribution in [2.75, 3.05) is 10.2 Å². The lowest BCUT2D eigenvalue weighted by atomic mass is 9.72. The van der Waals surface area contributed by atoms with Gasteiger partial charge in [-0.25, -0.2) is 0 Å². The molecule has 1 amide bonds. The molecule has 1 spiro atoms. The van der Waals surface area contributed by atoms with Crippen LogP contribution in [0.15, 0.2) is 22.7 Å². The van der Waals surface area contributed by atoms with Gasteiger partial charge in [0.25, 0.3) is 0 Å². The third-order valence-corrected chi connectivity index (χ3v) is 4.70. The molecule has 4 heteroatoms. The van der Waals surface area contributed by atoms with Crippen LogP contribution in [0.4, 0.5) is 11.4 Å². The molecule has 18 heavy (non-hydrogen) atoms. The summed E-state index contributed by atoms with van der Waals surface area (Å²) in [5.74, 6) is 0.160. The van der Waals surface area contributed by atoms with Crippen LogP contribution in [-0.4, -0.2) is 17.5 Å². The molecule has 3 rings (SSSR count). The molecule has 1 heterocycles. The van der Waals surface area contributed by atoms with Crippen molar-refractivity contribution in [1.82, 2.24) is 0 Å². The van der Waals surface area contributed by atoms with Crippen LogP contribution < -0.4 is 10.2 Å². The smallest absolute Gasteiger partial charge is 0.250 e. The fourth-order valence-corrected chi connectivity index (χ4v) is 3.71. The molecule has 1 saturated carbocycles. The number of carbonyl (C=O) groups is 1. The molecule has 1 aliphatic carbocycles. The van der Waals surface area contributed by atoms with E-state index < -0.39 is 0 Å². The zero-order chi connectivity index (χ0) is 12.9. The number of anilines is 2. The largest absolute Gasteiger partial charge is 0.352 e. The number of amides is 1. The van der Waals surface area contributed by atoms with E-state index in [0.717, 1.165) is 35.1 Å². The summed E-state index contributed by atoms with van der Waals surface area (Å²) in [7, 11) is 0. The van der Waals surface area contributed by atoms with Crippen LogP contribution in [0.5, 0.6) is 0 Å². The van der Waals surface area contributed by atoms with Gasteiger partial charge < -0.3 is 10.2 Å². The number of benzene rings is 1. The van der Waals surface area contributed by atoms with Gasteiger partial charge in [0.15, 0.2) is 0 Å². The number of hydrogen-bond donors (Lipinski definition) is 1. The Morgan fingerprint density at radius 1 is 1.39 bits per heavy atom. The minimum atomic E-state index is -0.314. The average molecular weight is 309 g/mol. The van der Waals surface area contributed by atoms with Crippen molar-refractivity contribution >= 4 is 33.2 Å². The van der Waals surface area contributed by atoms with Gasteiger partial charge in [0, 0.05) is 10.5 Å².